The quantitative estimate of drug-likeness (QED) is 0.810. The van der Waals surface area contributed by atoms with Crippen molar-refractivity contribution in [2.24, 2.45) is 0 Å². The molecule has 1 heterocycles. The smallest absolute Gasteiger partial charge is 0.416 e. The number of aryl methyl sites for hydroxylation is 1. The van der Waals surface area contributed by atoms with Gasteiger partial charge in [-0.3, -0.25) is 4.79 Å². The van der Waals surface area contributed by atoms with Crippen molar-refractivity contribution in [2.75, 3.05) is 11.1 Å². The lowest BCUT2D eigenvalue weighted by Gasteiger charge is -2.11. The molecular formula is C13H11ClF3N3O2S. The Labute approximate surface area is 138 Å². The molecule has 0 saturated heterocycles. The van der Waals surface area contributed by atoms with Gasteiger partial charge in [0, 0.05) is 6.42 Å². The van der Waals surface area contributed by atoms with Crippen LogP contribution in [0.15, 0.2) is 27.8 Å². The Morgan fingerprint density at radius 2 is 2.13 bits per heavy atom. The number of carbonyl (C=O) groups excluding carboxylic acids is 1. The number of alkyl halides is 3. The fourth-order valence-corrected chi connectivity index (χ4v) is 2.30. The monoisotopic (exact) mass is 365 g/mol. The number of hydrogen-bond donors (Lipinski definition) is 1. The van der Waals surface area contributed by atoms with Gasteiger partial charge >= 0.3 is 6.18 Å². The van der Waals surface area contributed by atoms with Crippen LogP contribution in [0.25, 0.3) is 0 Å². The normalized spacial score (nSPS) is 11.5. The second-order valence-corrected chi connectivity index (χ2v) is 5.68. The molecule has 2 aromatic rings. The van der Waals surface area contributed by atoms with Gasteiger partial charge in [-0.15, -0.1) is 10.2 Å². The van der Waals surface area contributed by atoms with E-state index in [1.807, 2.05) is 6.92 Å². The van der Waals surface area contributed by atoms with Crippen molar-refractivity contribution in [3.05, 3.63) is 34.7 Å². The second kappa shape index (κ2) is 7.22. The number of anilines is 1. The molecule has 124 valence electrons. The van der Waals surface area contributed by atoms with E-state index < -0.39 is 17.6 Å². The summed E-state index contributed by atoms with van der Waals surface area (Å²) in [6.07, 6.45) is -3.95. The maximum Gasteiger partial charge on any atom is 0.416 e. The maximum absolute atomic E-state index is 12.7. The van der Waals surface area contributed by atoms with Crippen LogP contribution in [-0.4, -0.2) is 21.9 Å². The van der Waals surface area contributed by atoms with Gasteiger partial charge in [-0.25, -0.2) is 0 Å². The Hall–Kier alpha value is -1.74. The maximum atomic E-state index is 12.7. The number of thioether (sulfide) groups is 1. The molecule has 0 fully saturated rings. The first kappa shape index (κ1) is 17.6. The van der Waals surface area contributed by atoms with Gasteiger partial charge in [0.15, 0.2) is 0 Å². The van der Waals surface area contributed by atoms with Gasteiger partial charge in [-0.05, 0) is 18.2 Å². The zero-order chi connectivity index (χ0) is 17.0. The molecule has 2 rings (SSSR count). The minimum atomic E-state index is -4.51. The average molecular weight is 366 g/mol. The standard InChI is InChI=1S/C13H11ClF3N3O2S/c1-2-11-19-20-12(22-11)23-6-10(21)18-9-5-7(13(15,16)17)3-4-8(9)14/h3-5H,2,6H2,1H3,(H,18,21). The summed E-state index contributed by atoms with van der Waals surface area (Å²) in [5.74, 6) is -0.195. The van der Waals surface area contributed by atoms with Crippen LogP contribution in [0.4, 0.5) is 18.9 Å². The number of rotatable bonds is 5. The minimum absolute atomic E-state index is 0.0161. The first-order chi connectivity index (χ1) is 10.8. The lowest BCUT2D eigenvalue weighted by Crippen LogP contribution is -2.15. The Bertz CT molecular complexity index is 706. The van der Waals surface area contributed by atoms with Crippen molar-refractivity contribution >= 4 is 35.0 Å². The van der Waals surface area contributed by atoms with Crippen LogP contribution < -0.4 is 5.32 Å². The summed E-state index contributed by atoms with van der Waals surface area (Å²) in [5.41, 5.74) is -0.999. The highest BCUT2D eigenvalue weighted by molar-refractivity contribution is 7.99. The molecule has 10 heteroatoms. The van der Waals surface area contributed by atoms with Crippen LogP contribution in [0.5, 0.6) is 0 Å². The molecule has 1 aromatic carbocycles. The van der Waals surface area contributed by atoms with Crippen LogP contribution in [-0.2, 0) is 17.4 Å². The van der Waals surface area contributed by atoms with Crippen molar-refractivity contribution < 1.29 is 22.4 Å². The third-order valence-corrected chi connectivity index (χ3v) is 3.79. The lowest BCUT2D eigenvalue weighted by atomic mass is 10.2. The van der Waals surface area contributed by atoms with Crippen LogP contribution >= 0.6 is 23.4 Å². The van der Waals surface area contributed by atoms with Gasteiger partial charge in [0.1, 0.15) is 0 Å². The van der Waals surface area contributed by atoms with E-state index >= 15 is 0 Å². The molecule has 0 unspecified atom stereocenters. The molecule has 1 amide bonds. The topological polar surface area (TPSA) is 68.0 Å². The summed E-state index contributed by atoms with van der Waals surface area (Å²) in [6.45, 7) is 1.84. The molecule has 0 aliphatic heterocycles. The highest BCUT2D eigenvalue weighted by atomic mass is 35.5. The molecule has 5 nitrogen and oxygen atoms in total. The van der Waals surface area contributed by atoms with E-state index in [2.05, 4.69) is 15.5 Å². The summed E-state index contributed by atoms with van der Waals surface area (Å²) in [5, 5.41) is 10.0. The van der Waals surface area contributed by atoms with E-state index in [4.69, 9.17) is 16.0 Å². The molecule has 0 radical (unpaired) electrons. The van der Waals surface area contributed by atoms with Crippen LogP contribution in [0.3, 0.4) is 0 Å². The molecule has 0 atom stereocenters. The first-order valence-electron chi connectivity index (χ1n) is 6.41. The van der Waals surface area contributed by atoms with E-state index in [9.17, 15) is 18.0 Å². The third-order valence-electron chi connectivity index (χ3n) is 2.65. The molecule has 23 heavy (non-hydrogen) atoms. The van der Waals surface area contributed by atoms with E-state index in [1.54, 1.807) is 0 Å². The number of halogens is 4. The van der Waals surface area contributed by atoms with Crippen molar-refractivity contribution in [1.82, 2.24) is 10.2 Å². The summed E-state index contributed by atoms with van der Waals surface area (Å²) >= 11 is 6.78. The highest BCUT2D eigenvalue weighted by Gasteiger charge is 2.31. The fraction of sp³-hybridized carbons (Fsp3) is 0.308. The summed E-state index contributed by atoms with van der Waals surface area (Å²) in [4.78, 5) is 11.8. The summed E-state index contributed by atoms with van der Waals surface area (Å²) < 4.78 is 43.2. The second-order valence-electron chi connectivity index (χ2n) is 4.34. The van der Waals surface area contributed by atoms with E-state index in [0.717, 1.165) is 30.0 Å². The van der Waals surface area contributed by atoms with Gasteiger partial charge < -0.3 is 9.73 Å². The Morgan fingerprint density at radius 1 is 1.39 bits per heavy atom. The van der Waals surface area contributed by atoms with Crippen molar-refractivity contribution in [3.8, 4) is 0 Å². The van der Waals surface area contributed by atoms with E-state index in [-0.39, 0.29) is 21.7 Å². The summed E-state index contributed by atoms with van der Waals surface area (Å²) in [7, 11) is 0. The predicted molar refractivity (Wildman–Crippen MR) is 79.5 cm³/mol. The number of nitrogens with zero attached hydrogens (tertiary/aromatic N) is 2. The van der Waals surface area contributed by atoms with Gasteiger partial charge in [0.2, 0.25) is 11.8 Å². The third kappa shape index (κ3) is 4.87. The SMILES string of the molecule is CCc1nnc(SCC(=O)Nc2cc(C(F)(F)F)ccc2Cl)o1. The predicted octanol–water partition coefficient (Wildman–Crippen LogP) is 4.04. The molecule has 0 aliphatic rings. The fourth-order valence-electron chi connectivity index (χ4n) is 1.55. The zero-order valence-electron chi connectivity index (χ0n) is 11.8. The highest BCUT2D eigenvalue weighted by Crippen LogP contribution is 2.33. The molecule has 0 spiro atoms. The Balaban J connectivity index is 1.99. The molecule has 1 aromatic heterocycles. The molecule has 1 N–H and O–H groups in total. The van der Waals surface area contributed by atoms with Crippen LogP contribution in [0.2, 0.25) is 5.02 Å². The molecule has 0 bridgehead atoms. The average Bonchev–Trinajstić information content (AvgIpc) is 2.94. The Kier molecular flexibility index (Phi) is 5.53. The summed E-state index contributed by atoms with van der Waals surface area (Å²) in [6, 6.07) is 2.71. The lowest BCUT2D eigenvalue weighted by molar-refractivity contribution is -0.137. The number of aromatic nitrogens is 2. The van der Waals surface area contributed by atoms with Crippen LogP contribution in [0, 0.1) is 0 Å². The van der Waals surface area contributed by atoms with Gasteiger partial charge in [-0.1, -0.05) is 30.3 Å². The van der Waals surface area contributed by atoms with Gasteiger partial charge in [0.25, 0.3) is 5.22 Å². The first-order valence-corrected chi connectivity index (χ1v) is 7.77. The van der Waals surface area contributed by atoms with Gasteiger partial charge in [-0.2, -0.15) is 13.2 Å². The molecular weight excluding hydrogens is 355 g/mol. The van der Waals surface area contributed by atoms with Crippen molar-refractivity contribution in [2.45, 2.75) is 24.7 Å². The largest absolute Gasteiger partial charge is 0.416 e. The Morgan fingerprint density at radius 3 is 2.74 bits per heavy atom. The number of amides is 1. The van der Waals surface area contributed by atoms with Crippen molar-refractivity contribution in [1.29, 1.82) is 0 Å². The van der Waals surface area contributed by atoms with Crippen molar-refractivity contribution in [3.63, 3.8) is 0 Å². The minimum Gasteiger partial charge on any atom is -0.416 e. The van der Waals surface area contributed by atoms with E-state index in [1.165, 1.54) is 0 Å². The van der Waals surface area contributed by atoms with Gasteiger partial charge in [0.05, 0.1) is 22.0 Å². The zero-order valence-corrected chi connectivity index (χ0v) is 13.3. The molecule has 0 aliphatic carbocycles. The van der Waals surface area contributed by atoms with E-state index in [0.29, 0.717) is 12.3 Å². The number of hydrogen-bond acceptors (Lipinski definition) is 5. The number of carbonyl (C=O) groups is 1. The van der Waals surface area contributed by atoms with Crippen LogP contribution in [0.1, 0.15) is 18.4 Å². The molecule has 0 saturated carbocycles. The number of nitrogens with one attached hydrogen (secondary N) is 1. The number of benzene rings is 1.